The Hall–Kier alpha value is -1.43. The summed E-state index contributed by atoms with van der Waals surface area (Å²) in [4.78, 5) is 18.1. The van der Waals surface area contributed by atoms with Crippen LogP contribution in [0.1, 0.15) is 0 Å². The number of carboxylic acid groups (broad SMARTS) is 1. The van der Waals surface area contributed by atoms with Crippen LogP contribution in [0.2, 0.25) is 0 Å². The van der Waals surface area contributed by atoms with E-state index in [4.69, 9.17) is 5.11 Å². The highest BCUT2D eigenvalue weighted by molar-refractivity contribution is 7.11. The molecule has 0 atom stereocenters. The van der Waals surface area contributed by atoms with Gasteiger partial charge < -0.3 is 9.94 Å². The molecule has 1 aromatic heterocycles. The van der Waals surface area contributed by atoms with Gasteiger partial charge in [-0.3, -0.25) is 0 Å². The molecule has 0 saturated heterocycles. The first-order chi connectivity index (χ1) is 5.29. The lowest BCUT2D eigenvalue weighted by atomic mass is 10.8. The Morgan fingerprint density at radius 1 is 1.91 bits per heavy atom. The topological polar surface area (TPSA) is 71.8 Å². The SMILES string of the molecule is O=C(O)/C=N\Oc1nccs1. The van der Waals surface area contributed by atoms with Crippen molar-refractivity contribution >= 4 is 23.5 Å². The number of aliphatic carboxylic acids is 1. The lowest BCUT2D eigenvalue weighted by Crippen LogP contribution is -1.96. The molecule has 1 aromatic rings. The van der Waals surface area contributed by atoms with Crippen molar-refractivity contribution in [2.45, 2.75) is 0 Å². The molecule has 11 heavy (non-hydrogen) atoms. The molecule has 0 aromatic carbocycles. The number of carbonyl (C=O) groups is 1. The van der Waals surface area contributed by atoms with E-state index < -0.39 is 5.97 Å². The number of aromatic nitrogens is 1. The predicted octanol–water partition coefficient (Wildman–Crippen LogP) is 0.592. The lowest BCUT2D eigenvalue weighted by molar-refractivity contribution is -0.128. The maximum Gasteiger partial charge on any atom is 0.350 e. The molecule has 0 aliphatic rings. The quantitative estimate of drug-likeness (QED) is 0.535. The fourth-order valence-corrected chi connectivity index (χ4v) is 0.818. The third-order valence-electron chi connectivity index (χ3n) is 0.704. The smallest absolute Gasteiger partial charge is 0.350 e. The Morgan fingerprint density at radius 3 is 3.27 bits per heavy atom. The van der Waals surface area contributed by atoms with E-state index in [0.29, 0.717) is 11.4 Å². The van der Waals surface area contributed by atoms with Crippen molar-refractivity contribution in [3.8, 4) is 5.19 Å². The highest BCUT2D eigenvalue weighted by Crippen LogP contribution is 2.12. The van der Waals surface area contributed by atoms with Crippen LogP contribution in [0.15, 0.2) is 16.7 Å². The van der Waals surface area contributed by atoms with Gasteiger partial charge in [-0.25, -0.2) is 9.78 Å². The Morgan fingerprint density at radius 2 is 2.73 bits per heavy atom. The molecule has 58 valence electrons. The molecule has 0 unspecified atom stereocenters. The van der Waals surface area contributed by atoms with E-state index in [-0.39, 0.29) is 0 Å². The summed E-state index contributed by atoms with van der Waals surface area (Å²) in [6.07, 6.45) is 2.19. The molecule has 5 nitrogen and oxygen atoms in total. The molecule has 0 spiro atoms. The van der Waals surface area contributed by atoms with Crippen LogP contribution in [0.3, 0.4) is 0 Å². The summed E-state index contributed by atoms with van der Waals surface area (Å²) < 4.78 is 0. The van der Waals surface area contributed by atoms with Crippen LogP contribution in [-0.4, -0.2) is 22.3 Å². The van der Waals surface area contributed by atoms with Crippen molar-refractivity contribution in [3.63, 3.8) is 0 Å². The van der Waals surface area contributed by atoms with Crippen LogP contribution in [0, 0.1) is 0 Å². The zero-order valence-electron chi connectivity index (χ0n) is 5.30. The van der Waals surface area contributed by atoms with E-state index >= 15 is 0 Å². The molecule has 0 amide bonds. The summed E-state index contributed by atoms with van der Waals surface area (Å²) in [6, 6.07) is 0. The standard InChI is InChI=1S/C5H4N2O3S/c8-4(9)3-7-10-5-6-1-2-11-5/h1-3H,(H,8,9)/b7-3-. The molecule has 0 aliphatic heterocycles. The Bertz CT molecular complexity index is 257. The average molecular weight is 172 g/mol. The molecule has 0 radical (unpaired) electrons. The molecule has 0 aliphatic carbocycles. The van der Waals surface area contributed by atoms with Gasteiger partial charge >= 0.3 is 11.2 Å². The molecule has 0 fully saturated rings. The summed E-state index contributed by atoms with van der Waals surface area (Å²) in [5, 5.41) is 13.3. The first-order valence-electron chi connectivity index (χ1n) is 2.62. The van der Waals surface area contributed by atoms with Gasteiger partial charge in [-0.05, 0) is 0 Å². The lowest BCUT2D eigenvalue weighted by Gasteiger charge is -1.86. The zero-order valence-corrected chi connectivity index (χ0v) is 6.11. The van der Waals surface area contributed by atoms with Crippen LogP contribution >= 0.6 is 11.3 Å². The van der Waals surface area contributed by atoms with E-state index in [9.17, 15) is 4.79 Å². The summed E-state index contributed by atoms with van der Waals surface area (Å²) in [6.45, 7) is 0. The second kappa shape index (κ2) is 3.67. The highest BCUT2D eigenvalue weighted by Gasteiger charge is 1.93. The monoisotopic (exact) mass is 172 g/mol. The van der Waals surface area contributed by atoms with E-state index in [0.717, 1.165) is 0 Å². The first kappa shape index (κ1) is 7.67. The predicted molar refractivity (Wildman–Crippen MR) is 38.9 cm³/mol. The van der Waals surface area contributed by atoms with E-state index in [1.807, 2.05) is 0 Å². The summed E-state index contributed by atoms with van der Waals surface area (Å²) in [5.41, 5.74) is 0. The van der Waals surface area contributed by atoms with Gasteiger partial charge in [0.2, 0.25) is 0 Å². The number of carboxylic acids is 1. The molecular weight excluding hydrogens is 168 g/mol. The number of hydrogen-bond donors (Lipinski definition) is 1. The first-order valence-corrected chi connectivity index (χ1v) is 3.50. The molecule has 6 heteroatoms. The van der Waals surface area contributed by atoms with Crippen molar-refractivity contribution in [1.82, 2.24) is 4.98 Å². The second-order valence-corrected chi connectivity index (χ2v) is 2.32. The molecule has 0 saturated carbocycles. The van der Waals surface area contributed by atoms with Crippen molar-refractivity contribution in [1.29, 1.82) is 0 Å². The van der Waals surface area contributed by atoms with Crippen LogP contribution < -0.4 is 4.84 Å². The van der Waals surface area contributed by atoms with Crippen LogP contribution in [0.5, 0.6) is 5.19 Å². The van der Waals surface area contributed by atoms with Crippen LogP contribution in [-0.2, 0) is 4.79 Å². The molecule has 1 rings (SSSR count). The zero-order chi connectivity index (χ0) is 8.10. The van der Waals surface area contributed by atoms with Gasteiger partial charge in [0.25, 0.3) is 0 Å². The minimum Gasteiger partial charge on any atom is -0.477 e. The normalized spacial score (nSPS) is 10.2. The van der Waals surface area contributed by atoms with Crippen molar-refractivity contribution in [2.24, 2.45) is 5.16 Å². The number of oxime groups is 1. The van der Waals surface area contributed by atoms with Crippen molar-refractivity contribution in [3.05, 3.63) is 11.6 Å². The van der Waals surface area contributed by atoms with Gasteiger partial charge in [0.05, 0.1) is 0 Å². The molecular formula is C5H4N2O3S. The van der Waals surface area contributed by atoms with Crippen molar-refractivity contribution < 1.29 is 14.7 Å². The summed E-state index contributed by atoms with van der Waals surface area (Å²) in [7, 11) is 0. The summed E-state index contributed by atoms with van der Waals surface area (Å²) in [5.74, 6) is -1.15. The number of hydrogen-bond acceptors (Lipinski definition) is 5. The summed E-state index contributed by atoms with van der Waals surface area (Å²) >= 11 is 1.23. The molecule has 0 bridgehead atoms. The third kappa shape index (κ3) is 2.76. The average Bonchev–Trinajstić information content (AvgIpc) is 2.39. The Balaban J connectivity index is 2.40. The van der Waals surface area contributed by atoms with E-state index in [1.165, 1.54) is 17.5 Å². The van der Waals surface area contributed by atoms with E-state index in [1.54, 1.807) is 5.38 Å². The minimum absolute atomic E-state index is 0.322. The molecule has 1 heterocycles. The largest absolute Gasteiger partial charge is 0.477 e. The number of thiazole rings is 1. The van der Waals surface area contributed by atoms with Gasteiger partial charge in [0.1, 0.15) is 0 Å². The van der Waals surface area contributed by atoms with Gasteiger partial charge in [-0.15, -0.1) is 0 Å². The number of nitrogens with zero attached hydrogens (tertiary/aromatic N) is 2. The van der Waals surface area contributed by atoms with Crippen LogP contribution in [0.4, 0.5) is 0 Å². The van der Waals surface area contributed by atoms with Gasteiger partial charge in [0.15, 0.2) is 6.21 Å². The van der Waals surface area contributed by atoms with Crippen LogP contribution in [0.25, 0.3) is 0 Å². The minimum atomic E-state index is -1.15. The Kier molecular flexibility index (Phi) is 2.56. The fraction of sp³-hybridized carbons (Fsp3) is 0. The second-order valence-electron chi connectivity index (χ2n) is 1.46. The van der Waals surface area contributed by atoms with Gasteiger partial charge in [-0.1, -0.05) is 16.5 Å². The van der Waals surface area contributed by atoms with E-state index in [2.05, 4.69) is 15.0 Å². The third-order valence-corrected chi connectivity index (χ3v) is 1.34. The highest BCUT2D eigenvalue weighted by atomic mass is 32.1. The van der Waals surface area contributed by atoms with Gasteiger partial charge in [-0.2, -0.15) is 0 Å². The van der Waals surface area contributed by atoms with Gasteiger partial charge in [0, 0.05) is 11.6 Å². The maximum atomic E-state index is 9.88. The molecule has 1 N–H and O–H groups in total. The fourth-order valence-electron chi connectivity index (χ4n) is 0.372. The Labute approximate surface area is 65.9 Å². The van der Waals surface area contributed by atoms with Crippen molar-refractivity contribution in [2.75, 3.05) is 0 Å². The number of rotatable bonds is 3. The maximum absolute atomic E-state index is 9.88.